The second-order valence-electron chi connectivity index (χ2n) is 9.98. The van der Waals surface area contributed by atoms with E-state index in [4.69, 9.17) is 14.5 Å². The summed E-state index contributed by atoms with van der Waals surface area (Å²) in [5.41, 5.74) is 2.96. The molecule has 0 bridgehead atoms. The van der Waals surface area contributed by atoms with Gasteiger partial charge in [0.2, 0.25) is 5.78 Å². The standard InChI is InChI=1S/C31H33N3O5S2/c1-6-8-9-14-39-22-13-11-20(16-23(22)38-7-2)26-25(27(35)29-18(4)32-19(5)40-29)28(36)30(37)34(26)31-33-21-12-10-17(3)15-24(21)41-31/h10-13,15-16,26,36H,6-9,14H2,1-5H3. The molecule has 1 unspecified atom stereocenters. The van der Waals surface area contributed by atoms with Crippen molar-refractivity contribution in [2.24, 2.45) is 0 Å². The highest BCUT2D eigenvalue weighted by molar-refractivity contribution is 7.22. The summed E-state index contributed by atoms with van der Waals surface area (Å²) in [5, 5.41) is 12.4. The molecule has 10 heteroatoms. The van der Waals surface area contributed by atoms with E-state index in [1.807, 2.05) is 45.0 Å². The average Bonchev–Trinajstić information content (AvgIpc) is 3.59. The Morgan fingerprint density at radius 2 is 1.80 bits per heavy atom. The van der Waals surface area contributed by atoms with E-state index in [-0.39, 0.29) is 5.57 Å². The summed E-state index contributed by atoms with van der Waals surface area (Å²) in [6, 6.07) is 10.4. The van der Waals surface area contributed by atoms with Crippen molar-refractivity contribution in [3.8, 4) is 11.5 Å². The maximum atomic E-state index is 14.0. The minimum absolute atomic E-state index is 0.00347. The van der Waals surface area contributed by atoms with Crippen LogP contribution in [0, 0.1) is 20.8 Å². The van der Waals surface area contributed by atoms with Crippen molar-refractivity contribution in [1.29, 1.82) is 0 Å². The number of fused-ring (bicyclic) bond motifs is 1. The molecule has 1 amide bonds. The molecule has 0 saturated carbocycles. The third-order valence-electron chi connectivity index (χ3n) is 6.89. The molecule has 5 rings (SSSR count). The lowest BCUT2D eigenvalue weighted by molar-refractivity contribution is -0.117. The van der Waals surface area contributed by atoms with E-state index in [2.05, 4.69) is 11.9 Å². The van der Waals surface area contributed by atoms with Crippen LogP contribution in [-0.4, -0.2) is 40.0 Å². The molecule has 2 aromatic heterocycles. The topological polar surface area (TPSA) is 102 Å². The number of aliphatic hydroxyl groups excluding tert-OH is 1. The number of hydrogen-bond acceptors (Lipinski definition) is 9. The first-order valence-electron chi connectivity index (χ1n) is 13.8. The van der Waals surface area contributed by atoms with Gasteiger partial charge in [-0.25, -0.2) is 9.97 Å². The molecular formula is C31H33N3O5S2. The maximum Gasteiger partial charge on any atom is 0.296 e. The minimum Gasteiger partial charge on any atom is -0.503 e. The fourth-order valence-corrected chi connectivity index (χ4v) is 6.92. The van der Waals surface area contributed by atoms with Crippen LogP contribution in [0.4, 0.5) is 5.13 Å². The third kappa shape index (κ3) is 5.58. The lowest BCUT2D eigenvalue weighted by Crippen LogP contribution is -2.31. The number of aromatic nitrogens is 2. The second kappa shape index (κ2) is 12.0. The molecule has 0 saturated heterocycles. The molecule has 41 heavy (non-hydrogen) atoms. The van der Waals surface area contributed by atoms with Crippen molar-refractivity contribution >= 4 is 49.7 Å². The highest BCUT2D eigenvalue weighted by atomic mass is 32.1. The van der Waals surface area contributed by atoms with Gasteiger partial charge in [0.05, 0.1) is 50.6 Å². The van der Waals surface area contributed by atoms with Crippen LogP contribution in [0.5, 0.6) is 11.5 Å². The largest absolute Gasteiger partial charge is 0.503 e. The lowest BCUT2D eigenvalue weighted by atomic mass is 9.95. The van der Waals surface area contributed by atoms with Gasteiger partial charge in [-0.05, 0) is 69.5 Å². The maximum absolute atomic E-state index is 14.0. The fourth-order valence-electron chi connectivity index (χ4n) is 4.95. The third-order valence-corrected chi connectivity index (χ3v) is 8.98. The van der Waals surface area contributed by atoms with Crippen molar-refractivity contribution in [1.82, 2.24) is 9.97 Å². The monoisotopic (exact) mass is 591 g/mol. The van der Waals surface area contributed by atoms with E-state index in [1.54, 1.807) is 19.1 Å². The molecule has 1 atom stereocenters. The molecule has 8 nitrogen and oxygen atoms in total. The number of unbranched alkanes of at least 4 members (excludes halogenated alkanes) is 2. The second-order valence-corrected chi connectivity index (χ2v) is 12.2. The Kier molecular flexibility index (Phi) is 8.42. The molecule has 0 spiro atoms. The molecule has 0 fully saturated rings. The minimum atomic E-state index is -0.924. The van der Waals surface area contributed by atoms with Crippen molar-refractivity contribution < 1.29 is 24.2 Å². The van der Waals surface area contributed by atoms with Gasteiger partial charge in [-0.1, -0.05) is 43.2 Å². The van der Waals surface area contributed by atoms with Crippen LogP contribution in [0.25, 0.3) is 10.2 Å². The first-order chi connectivity index (χ1) is 19.7. The summed E-state index contributed by atoms with van der Waals surface area (Å²) in [6.07, 6.45) is 3.08. The number of hydrogen-bond donors (Lipinski definition) is 1. The van der Waals surface area contributed by atoms with Gasteiger partial charge >= 0.3 is 0 Å². The predicted molar refractivity (Wildman–Crippen MR) is 163 cm³/mol. The number of rotatable bonds is 11. The number of ether oxygens (including phenoxy) is 2. The number of Topliss-reactive ketones (excluding diaryl/α,β-unsaturated/α-hetero) is 1. The molecule has 3 heterocycles. The van der Waals surface area contributed by atoms with Gasteiger partial charge in [-0.15, -0.1) is 11.3 Å². The molecule has 214 valence electrons. The number of anilines is 1. The molecule has 0 radical (unpaired) electrons. The van der Waals surface area contributed by atoms with E-state index in [1.165, 1.54) is 27.6 Å². The quantitative estimate of drug-likeness (QED) is 0.143. The van der Waals surface area contributed by atoms with E-state index in [0.717, 1.165) is 40.1 Å². The number of nitrogens with zero attached hydrogens (tertiary/aromatic N) is 3. The van der Waals surface area contributed by atoms with E-state index in [0.29, 0.717) is 46.0 Å². The van der Waals surface area contributed by atoms with Crippen LogP contribution in [-0.2, 0) is 4.79 Å². The Hall–Kier alpha value is -3.76. The van der Waals surface area contributed by atoms with Gasteiger partial charge in [-0.3, -0.25) is 14.5 Å². The first-order valence-corrected chi connectivity index (χ1v) is 15.4. The van der Waals surface area contributed by atoms with Gasteiger partial charge in [-0.2, -0.15) is 0 Å². The Labute approximate surface area is 247 Å². The van der Waals surface area contributed by atoms with E-state index in [9.17, 15) is 14.7 Å². The molecule has 1 N–H and O–H groups in total. The Morgan fingerprint density at radius 1 is 1.00 bits per heavy atom. The van der Waals surface area contributed by atoms with E-state index >= 15 is 0 Å². The summed E-state index contributed by atoms with van der Waals surface area (Å²) < 4.78 is 12.9. The average molecular weight is 592 g/mol. The SMILES string of the molecule is CCCCCOc1ccc(C2C(C(=O)c3sc(C)nc3C)=C(O)C(=O)N2c2nc3ccc(C)cc3s2)cc1OCC. The van der Waals surface area contributed by atoms with Crippen LogP contribution in [0.2, 0.25) is 0 Å². The van der Waals surface area contributed by atoms with Gasteiger partial charge in [0.1, 0.15) is 0 Å². The number of carbonyl (C=O) groups is 2. The highest BCUT2D eigenvalue weighted by Gasteiger charge is 2.46. The van der Waals surface area contributed by atoms with Crippen molar-refractivity contribution in [3.05, 3.63) is 74.4 Å². The molecule has 1 aliphatic heterocycles. The number of ketones is 1. The smallest absolute Gasteiger partial charge is 0.296 e. The van der Waals surface area contributed by atoms with Crippen molar-refractivity contribution in [2.75, 3.05) is 18.1 Å². The molecule has 0 aliphatic carbocycles. The van der Waals surface area contributed by atoms with Crippen LogP contribution < -0.4 is 14.4 Å². The molecule has 1 aliphatic rings. The molecular weight excluding hydrogens is 558 g/mol. The Balaban J connectivity index is 1.63. The summed E-state index contributed by atoms with van der Waals surface area (Å²) in [6.45, 7) is 10.6. The van der Waals surface area contributed by atoms with Crippen molar-refractivity contribution in [3.63, 3.8) is 0 Å². The Morgan fingerprint density at radius 3 is 2.51 bits per heavy atom. The van der Waals surface area contributed by atoms with Gasteiger partial charge < -0.3 is 14.6 Å². The van der Waals surface area contributed by atoms with Crippen LogP contribution in [0.3, 0.4) is 0 Å². The summed E-state index contributed by atoms with van der Waals surface area (Å²) >= 11 is 2.59. The summed E-state index contributed by atoms with van der Waals surface area (Å²) in [5.74, 6) is -0.587. The molecule has 2 aromatic carbocycles. The number of benzene rings is 2. The summed E-state index contributed by atoms with van der Waals surface area (Å²) in [7, 11) is 0. The predicted octanol–water partition coefficient (Wildman–Crippen LogP) is 7.43. The number of aliphatic hydroxyl groups is 1. The zero-order chi connectivity index (χ0) is 29.3. The van der Waals surface area contributed by atoms with Gasteiger partial charge in [0, 0.05) is 0 Å². The zero-order valence-corrected chi connectivity index (χ0v) is 25.4. The number of carbonyl (C=O) groups excluding carboxylic acids is 2. The Bertz CT molecular complexity index is 1650. The fraction of sp³-hybridized carbons (Fsp3) is 0.355. The highest BCUT2D eigenvalue weighted by Crippen LogP contribution is 2.46. The number of aryl methyl sites for hydroxylation is 3. The number of amides is 1. The van der Waals surface area contributed by atoms with Gasteiger partial charge in [0.25, 0.3) is 5.91 Å². The first kappa shape index (κ1) is 28.8. The lowest BCUT2D eigenvalue weighted by Gasteiger charge is -2.25. The normalized spacial score (nSPS) is 15.3. The van der Waals surface area contributed by atoms with Crippen LogP contribution in [0.1, 0.15) is 70.7 Å². The van der Waals surface area contributed by atoms with Crippen LogP contribution in [0.15, 0.2) is 47.7 Å². The van der Waals surface area contributed by atoms with Crippen molar-refractivity contribution in [2.45, 2.75) is 59.9 Å². The zero-order valence-electron chi connectivity index (χ0n) is 23.8. The van der Waals surface area contributed by atoms with Crippen LogP contribution >= 0.6 is 22.7 Å². The molecule has 4 aromatic rings. The summed E-state index contributed by atoms with van der Waals surface area (Å²) in [4.78, 5) is 38.6. The number of thiazole rings is 2. The van der Waals surface area contributed by atoms with E-state index < -0.39 is 23.5 Å². The van der Waals surface area contributed by atoms with Gasteiger partial charge in [0.15, 0.2) is 22.4 Å².